The standard InChI is InChI=1S/C4H14IN3P/c1-3-4(2,6)5-8-9-7/h8-9H,3,6-7H2,1-2H3/q-1. The number of hydrogen-bond acceptors (Lipinski definition) is 3. The van der Waals surface area contributed by atoms with E-state index in [4.69, 9.17) is 11.2 Å². The molecule has 0 aliphatic rings. The first-order chi connectivity index (χ1) is 4.12. The van der Waals surface area contributed by atoms with E-state index in [0.29, 0.717) is 8.88 Å². The van der Waals surface area contributed by atoms with Gasteiger partial charge in [-0.25, -0.2) is 0 Å². The van der Waals surface area contributed by atoms with Gasteiger partial charge in [-0.05, 0) is 0 Å². The molecule has 0 aromatic heterocycles. The van der Waals surface area contributed by atoms with Crippen molar-refractivity contribution in [3.05, 3.63) is 0 Å². The van der Waals surface area contributed by atoms with Gasteiger partial charge in [-0.1, -0.05) is 0 Å². The number of nitrogens with two attached hydrogens (primary N) is 2. The Balaban J connectivity index is 3.33. The van der Waals surface area contributed by atoms with Crippen LogP contribution in [-0.2, 0) is 0 Å². The van der Waals surface area contributed by atoms with Crippen LogP contribution in [0.2, 0.25) is 0 Å². The molecule has 5 N–H and O–H groups in total. The predicted octanol–water partition coefficient (Wildman–Crippen LogP) is -2.87. The Kier molecular flexibility index (Phi) is 5.35. The van der Waals surface area contributed by atoms with Crippen molar-refractivity contribution in [3.63, 3.8) is 0 Å². The van der Waals surface area contributed by atoms with E-state index in [-0.39, 0.29) is 25.0 Å². The molecule has 0 aliphatic heterocycles. The molecule has 2 unspecified atom stereocenters. The molecule has 3 nitrogen and oxygen atoms in total. The SMILES string of the molecule is CCC(C)(N)[I-]NPN. The van der Waals surface area contributed by atoms with Crippen LogP contribution in [0.4, 0.5) is 0 Å². The van der Waals surface area contributed by atoms with Gasteiger partial charge in [-0.2, -0.15) is 0 Å². The van der Waals surface area contributed by atoms with Gasteiger partial charge in [-0.15, -0.1) is 0 Å². The van der Waals surface area contributed by atoms with Crippen LogP contribution in [-0.4, -0.2) is 3.55 Å². The Morgan fingerprint density at radius 2 is 2.33 bits per heavy atom. The number of nitrogens with one attached hydrogen (secondary N) is 1. The van der Waals surface area contributed by atoms with E-state index in [1.165, 1.54) is 0 Å². The zero-order valence-electron chi connectivity index (χ0n) is 5.74. The minimum atomic E-state index is -0.107. The molecule has 5 heteroatoms. The van der Waals surface area contributed by atoms with E-state index in [2.05, 4.69) is 17.1 Å². The maximum absolute atomic E-state index is 5.84. The van der Waals surface area contributed by atoms with Crippen LogP contribution in [0.25, 0.3) is 0 Å². The van der Waals surface area contributed by atoms with Crippen molar-refractivity contribution < 1.29 is 21.5 Å². The van der Waals surface area contributed by atoms with E-state index in [9.17, 15) is 0 Å². The molecular formula is C4H14IN3P-. The summed E-state index contributed by atoms with van der Waals surface area (Å²) in [5, 5.41) is 0. The van der Waals surface area contributed by atoms with Gasteiger partial charge >= 0.3 is 68.7 Å². The van der Waals surface area contributed by atoms with Crippen LogP contribution in [0.1, 0.15) is 20.3 Å². The third-order valence-corrected chi connectivity index (χ3v) is 4.95. The number of halogens is 1. The Hall–Kier alpha value is 1.04. The van der Waals surface area contributed by atoms with Gasteiger partial charge < -0.3 is 0 Å². The van der Waals surface area contributed by atoms with Gasteiger partial charge in [0.25, 0.3) is 0 Å². The number of hydrogen-bond donors (Lipinski definition) is 3. The maximum atomic E-state index is 5.84. The van der Waals surface area contributed by atoms with E-state index in [0.717, 1.165) is 6.42 Å². The molecule has 0 spiro atoms. The van der Waals surface area contributed by atoms with Gasteiger partial charge in [0.2, 0.25) is 0 Å². The van der Waals surface area contributed by atoms with Crippen LogP contribution in [0.5, 0.6) is 0 Å². The van der Waals surface area contributed by atoms with Gasteiger partial charge in [-0.3, -0.25) is 0 Å². The monoisotopic (exact) mass is 262 g/mol. The van der Waals surface area contributed by atoms with Crippen LogP contribution in [0.15, 0.2) is 0 Å². The van der Waals surface area contributed by atoms with Crippen molar-refractivity contribution in [2.75, 3.05) is 0 Å². The van der Waals surface area contributed by atoms with Crippen molar-refractivity contribution in [2.24, 2.45) is 11.2 Å². The number of rotatable bonds is 4. The zero-order chi connectivity index (χ0) is 7.33. The molecule has 0 heterocycles. The molecule has 0 rings (SSSR count). The molecule has 58 valence electrons. The fourth-order valence-electron chi connectivity index (χ4n) is 0.202. The topological polar surface area (TPSA) is 64.1 Å². The molecule has 0 saturated carbocycles. The van der Waals surface area contributed by atoms with E-state index in [1.54, 1.807) is 0 Å². The summed E-state index contributed by atoms with van der Waals surface area (Å²) in [5.74, 6) is 0. The Morgan fingerprint density at radius 1 is 1.78 bits per heavy atom. The Morgan fingerprint density at radius 3 is 2.67 bits per heavy atom. The molecule has 0 aliphatic carbocycles. The van der Waals surface area contributed by atoms with Gasteiger partial charge in [0.15, 0.2) is 0 Å². The second kappa shape index (κ2) is 4.79. The van der Waals surface area contributed by atoms with E-state index in [1.807, 2.05) is 0 Å². The van der Waals surface area contributed by atoms with Gasteiger partial charge in [0, 0.05) is 0 Å². The molecule has 9 heavy (non-hydrogen) atoms. The third kappa shape index (κ3) is 5.48. The van der Waals surface area contributed by atoms with Crippen molar-refractivity contribution in [3.8, 4) is 0 Å². The third-order valence-electron chi connectivity index (χ3n) is 1.01. The molecule has 0 fully saturated rings. The number of alkyl halides is 1. The average Bonchev–Trinajstić information content (AvgIpc) is 1.84. The van der Waals surface area contributed by atoms with Crippen LogP contribution in [0.3, 0.4) is 0 Å². The van der Waals surface area contributed by atoms with E-state index >= 15 is 0 Å². The molecule has 0 radical (unpaired) electrons. The summed E-state index contributed by atoms with van der Waals surface area (Å²) in [6, 6.07) is 0. The summed E-state index contributed by atoms with van der Waals surface area (Å²) in [4.78, 5) is 0. The van der Waals surface area contributed by atoms with Crippen LogP contribution in [0, 0.1) is 0 Å². The predicted molar refractivity (Wildman–Crippen MR) is 38.5 cm³/mol. The molecule has 2 atom stereocenters. The molecular weight excluding hydrogens is 248 g/mol. The quantitative estimate of drug-likeness (QED) is 0.168. The van der Waals surface area contributed by atoms with Gasteiger partial charge in [0.05, 0.1) is 0 Å². The zero-order valence-corrected chi connectivity index (χ0v) is 8.90. The van der Waals surface area contributed by atoms with Crippen molar-refractivity contribution in [2.45, 2.75) is 23.8 Å². The fourth-order valence-corrected chi connectivity index (χ4v) is 3.17. The normalized spacial score (nSPS) is 19.1. The molecule has 0 aromatic rings. The summed E-state index contributed by atoms with van der Waals surface area (Å²) < 4.78 is 3.15. The Bertz CT molecular complexity index is 78.2. The van der Waals surface area contributed by atoms with Crippen molar-refractivity contribution in [1.82, 2.24) is 3.30 Å². The van der Waals surface area contributed by atoms with Crippen molar-refractivity contribution in [1.29, 1.82) is 0 Å². The summed E-state index contributed by atoms with van der Waals surface area (Å²) in [6.07, 6.45) is 1.03. The first-order valence-electron chi connectivity index (χ1n) is 2.77. The first kappa shape index (κ1) is 10.0. The summed E-state index contributed by atoms with van der Waals surface area (Å²) in [7, 11) is 0.353. The fraction of sp³-hybridized carbons (Fsp3) is 1.00. The molecule has 0 saturated heterocycles. The van der Waals surface area contributed by atoms with Gasteiger partial charge in [0.1, 0.15) is 0 Å². The van der Waals surface area contributed by atoms with E-state index < -0.39 is 0 Å². The molecule has 0 amide bonds. The second-order valence-corrected chi connectivity index (χ2v) is 7.06. The molecule has 0 aromatic carbocycles. The molecule has 0 bridgehead atoms. The summed E-state index contributed by atoms with van der Waals surface area (Å²) in [5.41, 5.74) is 11.1. The second-order valence-electron chi connectivity index (χ2n) is 1.96. The van der Waals surface area contributed by atoms with Crippen LogP contribution >= 0.6 is 8.88 Å². The van der Waals surface area contributed by atoms with Crippen molar-refractivity contribution >= 4 is 8.88 Å². The first-order valence-corrected chi connectivity index (χ1v) is 6.00. The summed E-state index contributed by atoms with van der Waals surface area (Å²) >= 11 is -0.107. The Labute approximate surface area is 68.8 Å². The van der Waals surface area contributed by atoms with Crippen LogP contribution < -0.4 is 36.0 Å². The average molecular weight is 262 g/mol. The minimum absolute atomic E-state index is 0.0191. The summed E-state index contributed by atoms with van der Waals surface area (Å²) in [6.45, 7) is 4.16.